The molecule has 0 amide bonds. The van der Waals surface area contributed by atoms with Crippen molar-refractivity contribution in [1.29, 1.82) is 0 Å². The summed E-state index contributed by atoms with van der Waals surface area (Å²) in [6.45, 7) is 0. The Morgan fingerprint density at radius 3 is 1.60 bits per heavy atom. The Morgan fingerprint density at radius 1 is 1.00 bits per heavy atom. The minimum absolute atomic E-state index is 0. The fourth-order valence-electron chi connectivity index (χ4n) is 0.460. The van der Waals surface area contributed by atoms with E-state index in [0.717, 1.165) is 6.07 Å². The SMILES string of the molecule is Fc1cccc(F)c1.[K+].[OH-]. The number of hydrogen-bond acceptors (Lipinski definition) is 1. The molecule has 0 spiro atoms. The molecule has 4 heteroatoms. The number of rotatable bonds is 0. The molecule has 0 saturated heterocycles. The second-order valence-corrected chi connectivity index (χ2v) is 1.44. The second-order valence-electron chi connectivity index (χ2n) is 1.44. The van der Waals surface area contributed by atoms with Crippen LogP contribution in [0, 0.1) is 11.6 Å². The maximum Gasteiger partial charge on any atom is 1.00 e. The van der Waals surface area contributed by atoms with Gasteiger partial charge in [-0.15, -0.1) is 0 Å². The van der Waals surface area contributed by atoms with Crippen LogP contribution in [0.5, 0.6) is 0 Å². The molecule has 0 fully saturated rings. The molecule has 1 aromatic rings. The van der Waals surface area contributed by atoms with Crippen LogP contribution in [0.3, 0.4) is 0 Å². The normalized spacial score (nSPS) is 7.40. The molecule has 1 N–H and O–H groups in total. The fraction of sp³-hybridized carbons (Fsp3) is 0. The maximum atomic E-state index is 11.9. The van der Waals surface area contributed by atoms with E-state index in [1.54, 1.807) is 0 Å². The zero-order valence-electron chi connectivity index (χ0n) is 5.51. The minimum Gasteiger partial charge on any atom is -0.870 e. The average Bonchev–Trinajstić information content (AvgIpc) is 1.64. The van der Waals surface area contributed by atoms with Gasteiger partial charge in [0.25, 0.3) is 0 Å². The van der Waals surface area contributed by atoms with Gasteiger partial charge in [0.15, 0.2) is 0 Å². The summed E-state index contributed by atoms with van der Waals surface area (Å²) in [4.78, 5) is 0. The topological polar surface area (TPSA) is 30.0 Å². The van der Waals surface area contributed by atoms with Gasteiger partial charge in [-0.1, -0.05) is 6.07 Å². The molecule has 50 valence electrons. The molecule has 0 aromatic heterocycles. The Kier molecular flexibility index (Phi) is 8.49. The summed E-state index contributed by atoms with van der Waals surface area (Å²) in [6, 6.07) is 4.55. The van der Waals surface area contributed by atoms with Gasteiger partial charge < -0.3 is 5.48 Å². The Bertz CT molecular complexity index is 176. The van der Waals surface area contributed by atoms with Crippen LogP contribution in [0.25, 0.3) is 0 Å². The molecule has 0 radical (unpaired) electrons. The van der Waals surface area contributed by atoms with Gasteiger partial charge in [0, 0.05) is 6.07 Å². The van der Waals surface area contributed by atoms with Crippen LogP contribution in [0.15, 0.2) is 24.3 Å². The standard InChI is InChI=1S/C6H4F2.K.H2O/c7-5-2-1-3-6(8)4-5;;/h1-4H;;1H2/q;+1;/p-1. The van der Waals surface area contributed by atoms with E-state index in [0.29, 0.717) is 0 Å². The van der Waals surface area contributed by atoms with E-state index in [4.69, 9.17) is 0 Å². The van der Waals surface area contributed by atoms with Crippen molar-refractivity contribution in [3.8, 4) is 0 Å². The van der Waals surface area contributed by atoms with Crippen LogP contribution in [-0.4, -0.2) is 5.48 Å². The summed E-state index contributed by atoms with van der Waals surface area (Å²) in [5, 5.41) is 0. The van der Waals surface area contributed by atoms with Crippen molar-refractivity contribution < 1.29 is 65.6 Å². The molecule has 0 aliphatic rings. The van der Waals surface area contributed by atoms with Gasteiger partial charge in [0.05, 0.1) is 0 Å². The summed E-state index contributed by atoms with van der Waals surface area (Å²) < 4.78 is 23.9. The van der Waals surface area contributed by atoms with Crippen molar-refractivity contribution in [3.63, 3.8) is 0 Å². The molecule has 1 rings (SSSR count). The van der Waals surface area contributed by atoms with Gasteiger partial charge in [-0.3, -0.25) is 0 Å². The predicted molar refractivity (Wildman–Crippen MR) is 28.3 cm³/mol. The van der Waals surface area contributed by atoms with Gasteiger partial charge in [-0.05, 0) is 12.1 Å². The van der Waals surface area contributed by atoms with Crippen LogP contribution in [0.2, 0.25) is 0 Å². The first-order valence-electron chi connectivity index (χ1n) is 2.20. The zero-order valence-corrected chi connectivity index (χ0v) is 8.64. The minimum atomic E-state index is -0.537. The molecule has 0 heterocycles. The van der Waals surface area contributed by atoms with Gasteiger partial charge in [0.2, 0.25) is 0 Å². The largest absolute Gasteiger partial charge is 1.00 e. The van der Waals surface area contributed by atoms with Crippen LogP contribution in [0.1, 0.15) is 0 Å². The van der Waals surface area contributed by atoms with Crippen molar-refractivity contribution in [2.45, 2.75) is 0 Å². The Labute approximate surface area is 100 Å². The smallest absolute Gasteiger partial charge is 0.870 e. The summed E-state index contributed by atoms with van der Waals surface area (Å²) in [5.41, 5.74) is 0. The van der Waals surface area contributed by atoms with E-state index >= 15 is 0 Å². The molecule has 0 aliphatic heterocycles. The van der Waals surface area contributed by atoms with Crippen molar-refractivity contribution in [2.24, 2.45) is 0 Å². The van der Waals surface area contributed by atoms with E-state index in [1.807, 2.05) is 0 Å². The third-order valence-corrected chi connectivity index (χ3v) is 0.787. The molecular formula is C6H5F2KO. The van der Waals surface area contributed by atoms with E-state index in [-0.39, 0.29) is 56.9 Å². The molecular weight excluding hydrogens is 165 g/mol. The van der Waals surface area contributed by atoms with Crippen molar-refractivity contribution >= 4 is 0 Å². The number of benzene rings is 1. The van der Waals surface area contributed by atoms with Gasteiger partial charge in [-0.25, -0.2) is 8.78 Å². The number of halogens is 2. The third-order valence-electron chi connectivity index (χ3n) is 0.787. The first-order chi connectivity index (χ1) is 3.79. The first kappa shape index (κ1) is 13.3. The molecule has 0 bridgehead atoms. The van der Waals surface area contributed by atoms with Gasteiger partial charge >= 0.3 is 51.4 Å². The summed E-state index contributed by atoms with van der Waals surface area (Å²) in [7, 11) is 0. The fourth-order valence-corrected chi connectivity index (χ4v) is 0.460. The second kappa shape index (κ2) is 6.39. The van der Waals surface area contributed by atoms with Gasteiger partial charge in [-0.2, -0.15) is 0 Å². The van der Waals surface area contributed by atoms with Gasteiger partial charge in [0.1, 0.15) is 11.6 Å². The quantitative estimate of drug-likeness (QED) is 0.449. The van der Waals surface area contributed by atoms with Crippen molar-refractivity contribution in [1.82, 2.24) is 0 Å². The molecule has 1 nitrogen and oxygen atoms in total. The molecule has 0 saturated carbocycles. The maximum absolute atomic E-state index is 11.9. The molecule has 1 aromatic carbocycles. The summed E-state index contributed by atoms with van der Waals surface area (Å²) in [6.07, 6.45) is 0. The Morgan fingerprint density at radius 2 is 1.40 bits per heavy atom. The van der Waals surface area contributed by atoms with E-state index in [1.165, 1.54) is 18.2 Å². The van der Waals surface area contributed by atoms with E-state index in [2.05, 4.69) is 0 Å². The Hall–Kier alpha value is 0.676. The monoisotopic (exact) mass is 170 g/mol. The van der Waals surface area contributed by atoms with Crippen LogP contribution in [0.4, 0.5) is 8.78 Å². The molecule has 0 aliphatic carbocycles. The molecule has 0 atom stereocenters. The van der Waals surface area contributed by atoms with Crippen molar-refractivity contribution in [3.05, 3.63) is 35.9 Å². The zero-order chi connectivity index (χ0) is 5.98. The number of hydrogen-bond donors (Lipinski definition) is 0. The summed E-state index contributed by atoms with van der Waals surface area (Å²) >= 11 is 0. The third kappa shape index (κ3) is 4.49. The van der Waals surface area contributed by atoms with Crippen molar-refractivity contribution in [2.75, 3.05) is 0 Å². The summed E-state index contributed by atoms with van der Waals surface area (Å²) in [5.74, 6) is -1.07. The average molecular weight is 170 g/mol. The van der Waals surface area contributed by atoms with Crippen LogP contribution >= 0.6 is 0 Å². The Balaban J connectivity index is 0. The first-order valence-corrected chi connectivity index (χ1v) is 2.20. The van der Waals surface area contributed by atoms with Crippen LogP contribution < -0.4 is 51.4 Å². The predicted octanol–water partition coefficient (Wildman–Crippen LogP) is -1.21. The van der Waals surface area contributed by atoms with Crippen LogP contribution in [-0.2, 0) is 0 Å². The molecule has 10 heavy (non-hydrogen) atoms. The molecule has 0 unspecified atom stereocenters. The van der Waals surface area contributed by atoms with E-state index < -0.39 is 11.6 Å². The van der Waals surface area contributed by atoms with E-state index in [9.17, 15) is 8.78 Å².